The monoisotopic (exact) mass is 663 g/mol. The third kappa shape index (κ3) is 8.69. The van der Waals surface area contributed by atoms with E-state index in [-0.39, 0.29) is 30.6 Å². The number of nitrogens with one attached hydrogen (secondary N) is 2. The number of benzene rings is 3. The Labute approximate surface area is 277 Å². The molecule has 3 aromatic rings. The minimum absolute atomic E-state index is 0.0410. The minimum Gasteiger partial charge on any atom is -0.491 e. The van der Waals surface area contributed by atoms with Crippen LogP contribution in [0, 0.1) is 0 Å². The molecule has 12 nitrogen and oxygen atoms in total. The number of rotatable bonds is 19. The third-order valence-electron chi connectivity index (χ3n) is 7.37. The van der Waals surface area contributed by atoms with Gasteiger partial charge in [-0.1, -0.05) is 23.9 Å². The zero-order valence-corrected chi connectivity index (χ0v) is 26.8. The molecule has 0 saturated carbocycles. The summed E-state index contributed by atoms with van der Waals surface area (Å²) in [6.07, 6.45) is 0.736. The quantitative estimate of drug-likeness (QED) is 0.0851. The van der Waals surface area contributed by atoms with E-state index in [9.17, 15) is 19.2 Å². The molecule has 3 amide bonds. The largest absolute Gasteiger partial charge is 0.491 e. The molecule has 0 fully saturated rings. The number of carbonyl (C=O) groups excluding carboxylic acids is 4. The fourth-order valence-electron chi connectivity index (χ4n) is 5.06. The topological polar surface area (TPSA) is 142 Å². The van der Waals surface area contributed by atoms with Crippen molar-refractivity contribution >= 4 is 47.1 Å². The van der Waals surface area contributed by atoms with Crippen LogP contribution in [0.1, 0.15) is 33.6 Å². The first kappa shape index (κ1) is 33.9. The minimum atomic E-state index is -1.07. The molecule has 1 atom stereocenters. The van der Waals surface area contributed by atoms with Gasteiger partial charge in [-0.2, -0.15) is 0 Å². The molecule has 2 heterocycles. The predicted octanol–water partition coefficient (Wildman–Crippen LogP) is 4.09. The average molecular weight is 664 g/mol. The number of hydrogen-bond donors (Lipinski definition) is 2. The second-order valence-corrected chi connectivity index (χ2v) is 11.6. The van der Waals surface area contributed by atoms with Crippen LogP contribution in [0.4, 0.5) is 11.4 Å². The number of fused-ring (bicyclic) bond motifs is 3. The van der Waals surface area contributed by atoms with Crippen LogP contribution in [0.5, 0.6) is 11.5 Å². The Kier molecular flexibility index (Phi) is 12.2. The van der Waals surface area contributed by atoms with Gasteiger partial charge in [0.2, 0.25) is 5.91 Å². The van der Waals surface area contributed by atoms with E-state index in [2.05, 4.69) is 22.8 Å². The maximum Gasteiger partial charge on any atom is 0.262 e. The van der Waals surface area contributed by atoms with Gasteiger partial charge in [-0.3, -0.25) is 19.3 Å². The Bertz CT molecular complexity index is 1580. The number of nitrogens with zero attached hydrogens (tertiary/aromatic N) is 1. The van der Waals surface area contributed by atoms with Crippen LogP contribution in [-0.4, -0.2) is 94.9 Å². The number of aldehydes is 1. The average Bonchev–Trinajstić information content (AvgIpc) is 3.34. The van der Waals surface area contributed by atoms with Crippen molar-refractivity contribution in [3.63, 3.8) is 0 Å². The van der Waals surface area contributed by atoms with E-state index in [1.165, 1.54) is 24.1 Å². The second kappa shape index (κ2) is 16.9. The van der Waals surface area contributed by atoms with Crippen molar-refractivity contribution in [2.45, 2.75) is 28.7 Å². The number of likely N-dealkylation sites (N-methyl/N-ethyl adjacent to an activating group) is 1. The summed E-state index contributed by atoms with van der Waals surface area (Å²) in [5.74, 6) is -0.499. The zero-order valence-electron chi connectivity index (χ0n) is 26.0. The summed E-state index contributed by atoms with van der Waals surface area (Å²) in [4.78, 5) is 52.3. The molecule has 0 radical (unpaired) electrons. The highest BCUT2D eigenvalue weighted by Gasteiger charge is 2.42. The van der Waals surface area contributed by atoms with Crippen LogP contribution in [0.25, 0.3) is 0 Å². The molecule has 1 unspecified atom stereocenters. The maximum atomic E-state index is 13.0. The number of para-hydroxylation sites is 1. The first-order valence-corrected chi connectivity index (χ1v) is 16.2. The normalized spacial score (nSPS) is 13.7. The summed E-state index contributed by atoms with van der Waals surface area (Å²) in [6, 6.07) is 17.7. The number of amides is 3. The van der Waals surface area contributed by atoms with Crippen molar-refractivity contribution in [3.05, 3.63) is 71.8 Å². The molecule has 0 spiro atoms. The van der Waals surface area contributed by atoms with Gasteiger partial charge in [0.15, 0.2) is 0 Å². The predicted molar refractivity (Wildman–Crippen MR) is 174 cm³/mol. The molecule has 2 aliphatic rings. The summed E-state index contributed by atoms with van der Waals surface area (Å²) in [5, 5.41) is 5.89. The highest BCUT2D eigenvalue weighted by Crippen LogP contribution is 2.45. The summed E-state index contributed by atoms with van der Waals surface area (Å²) in [7, 11) is 1.41. The van der Waals surface area contributed by atoms with Crippen molar-refractivity contribution < 1.29 is 42.9 Å². The smallest absolute Gasteiger partial charge is 0.262 e. The summed E-state index contributed by atoms with van der Waals surface area (Å²) in [6.45, 7) is 3.02. The molecule has 0 aromatic heterocycles. The van der Waals surface area contributed by atoms with Crippen molar-refractivity contribution in [2.24, 2.45) is 0 Å². The molecule has 0 saturated heterocycles. The van der Waals surface area contributed by atoms with Crippen LogP contribution in [0.2, 0.25) is 0 Å². The van der Waals surface area contributed by atoms with Crippen LogP contribution in [-0.2, 0) is 23.8 Å². The van der Waals surface area contributed by atoms with E-state index < -0.39 is 23.8 Å². The van der Waals surface area contributed by atoms with Gasteiger partial charge in [0.25, 0.3) is 11.8 Å². The highest BCUT2D eigenvalue weighted by atomic mass is 32.2. The number of imide groups is 1. The first-order valence-electron chi connectivity index (χ1n) is 15.3. The Morgan fingerprint density at radius 2 is 1.38 bits per heavy atom. The van der Waals surface area contributed by atoms with Crippen LogP contribution < -0.4 is 20.1 Å². The van der Waals surface area contributed by atoms with Crippen LogP contribution in [0.3, 0.4) is 0 Å². The van der Waals surface area contributed by atoms with Gasteiger partial charge < -0.3 is 39.1 Å². The summed E-state index contributed by atoms with van der Waals surface area (Å²) < 4.78 is 28.2. The van der Waals surface area contributed by atoms with Crippen LogP contribution in [0.15, 0.2) is 70.5 Å². The molecular weight excluding hydrogens is 626 g/mol. The van der Waals surface area contributed by atoms with Gasteiger partial charge in [-0.25, -0.2) is 0 Å². The molecular formula is C34H37N3O9S. The van der Waals surface area contributed by atoms with Gasteiger partial charge >= 0.3 is 0 Å². The van der Waals surface area contributed by atoms with Crippen molar-refractivity contribution in [3.8, 4) is 11.5 Å². The van der Waals surface area contributed by atoms with Crippen molar-refractivity contribution in [2.75, 3.05) is 65.2 Å². The lowest BCUT2D eigenvalue weighted by atomic mass is 10.1. The maximum absolute atomic E-state index is 13.0. The molecule has 2 aliphatic heterocycles. The van der Waals surface area contributed by atoms with Gasteiger partial charge in [0.05, 0.1) is 62.1 Å². The first-order chi connectivity index (χ1) is 23.0. The number of anilines is 2. The molecule has 13 heteroatoms. The fourth-order valence-corrected chi connectivity index (χ4v) is 6.08. The molecule has 248 valence electrons. The Balaban J connectivity index is 0.908. The molecule has 0 aliphatic carbocycles. The lowest BCUT2D eigenvalue weighted by Gasteiger charge is -2.24. The zero-order chi connectivity index (χ0) is 33.0. The van der Waals surface area contributed by atoms with E-state index in [0.717, 1.165) is 26.9 Å². The molecule has 47 heavy (non-hydrogen) atoms. The fraction of sp³-hybridized carbons (Fsp3) is 0.353. The second-order valence-electron chi connectivity index (χ2n) is 10.5. The lowest BCUT2D eigenvalue weighted by Crippen LogP contribution is -2.48. The lowest BCUT2D eigenvalue weighted by molar-refractivity contribution is -0.124. The van der Waals surface area contributed by atoms with Gasteiger partial charge in [0.1, 0.15) is 37.0 Å². The van der Waals surface area contributed by atoms with Gasteiger partial charge in [-0.15, -0.1) is 0 Å². The van der Waals surface area contributed by atoms with E-state index in [1.807, 2.05) is 30.3 Å². The molecule has 5 rings (SSSR count). The standard InChI is InChI=1S/C34H37N3O9S/c1-35-32(39)29(6-4-12-38)37-33(40)25-10-8-23(21-26(25)34(37)41)45-19-17-43-15-13-42-14-16-44-18-20-46-24-9-11-28-31(22-24)47-30-7-3-2-5-27(30)36-28/h2-3,5,7-12,21-22,29,36H,4,6,13-20H2,1H3,(H,35,39). The number of carbonyl (C=O) groups is 4. The Morgan fingerprint density at radius 1 is 0.787 bits per heavy atom. The van der Waals surface area contributed by atoms with Crippen molar-refractivity contribution in [1.29, 1.82) is 0 Å². The van der Waals surface area contributed by atoms with Crippen LogP contribution >= 0.6 is 11.8 Å². The highest BCUT2D eigenvalue weighted by molar-refractivity contribution is 7.99. The molecule has 0 bridgehead atoms. The van der Waals surface area contributed by atoms with Gasteiger partial charge in [-0.05, 0) is 55.0 Å². The SMILES string of the molecule is CNC(=O)C(CCC=O)N1C(=O)c2ccc(OCCOCCOCCOCCOc3ccc4c(c3)Sc3ccccc3N4)cc2C1=O. The third-order valence-corrected chi connectivity index (χ3v) is 8.51. The molecule has 2 N–H and O–H groups in total. The number of hydrogen-bond acceptors (Lipinski definition) is 11. The molecule has 3 aromatic carbocycles. The Hall–Kier alpha value is -4.43. The van der Waals surface area contributed by atoms with E-state index in [4.69, 9.17) is 23.7 Å². The van der Waals surface area contributed by atoms with E-state index in [0.29, 0.717) is 58.3 Å². The van der Waals surface area contributed by atoms with E-state index >= 15 is 0 Å². The summed E-state index contributed by atoms with van der Waals surface area (Å²) in [5.41, 5.74) is 2.51. The van der Waals surface area contributed by atoms with Gasteiger partial charge in [0, 0.05) is 23.3 Å². The van der Waals surface area contributed by atoms with Crippen molar-refractivity contribution in [1.82, 2.24) is 10.2 Å². The number of ether oxygens (including phenoxy) is 5. The van der Waals surface area contributed by atoms with E-state index in [1.54, 1.807) is 17.8 Å². The summed E-state index contributed by atoms with van der Waals surface area (Å²) >= 11 is 1.72. The Morgan fingerprint density at radius 3 is 2.06 bits per heavy atom.